The van der Waals surface area contributed by atoms with Gasteiger partial charge in [-0.15, -0.1) is 18.3 Å². The van der Waals surface area contributed by atoms with Crippen LogP contribution in [0.2, 0.25) is 0 Å². The van der Waals surface area contributed by atoms with Gasteiger partial charge in [-0.25, -0.2) is 9.67 Å². The third-order valence-corrected chi connectivity index (χ3v) is 5.04. The lowest BCUT2D eigenvalue weighted by atomic mass is 10.0. The van der Waals surface area contributed by atoms with E-state index in [-0.39, 0.29) is 11.7 Å². The van der Waals surface area contributed by atoms with Crippen molar-refractivity contribution < 1.29 is 22.7 Å². The average Bonchev–Trinajstić information content (AvgIpc) is 3.29. The topological polar surface area (TPSA) is 69.0 Å². The first kappa shape index (κ1) is 23.0. The van der Waals surface area contributed by atoms with E-state index in [9.17, 15) is 18.0 Å². The number of hydrogen-bond acceptors (Lipinski definition) is 4. The molecule has 1 amide bonds. The van der Waals surface area contributed by atoms with Gasteiger partial charge >= 0.3 is 6.36 Å². The van der Waals surface area contributed by atoms with Crippen LogP contribution in [0.3, 0.4) is 0 Å². The van der Waals surface area contributed by atoms with Crippen molar-refractivity contribution in [2.24, 2.45) is 0 Å². The van der Waals surface area contributed by atoms with Crippen molar-refractivity contribution in [1.29, 1.82) is 0 Å². The van der Waals surface area contributed by atoms with Crippen molar-refractivity contribution in [3.05, 3.63) is 90.3 Å². The summed E-state index contributed by atoms with van der Waals surface area (Å²) < 4.78 is 42.3. The Labute approximate surface area is 194 Å². The van der Waals surface area contributed by atoms with Gasteiger partial charge in [0.2, 0.25) is 0 Å². The van der Waals surface area contributed by atoms with Crippen molar-refractivity contribution in [3.63, 3.8) is 0 Å². The van der Waals surface area contributed by atoms with E-state index in [0.717, 1.165) is 11.1 Å². The van der Waals surface area contributed by atoms with Crippen molar-refractivity contribution in [3.8, 4) is 22.8 Å². The number of halogens is 3. The van der Waals surface area contributed by atoms with Gasteiger partial charge in [0.25, 0.3) is 5.91 Å². The lowest BCUT2D eigenvalue weighted by molar-refractivity contribution is -0.274. The van der Waals surface area contributed by atoms with Crippen molar-refractivity contribution in [2.75, 3.05) is 5.32 Å². The van der Waals surface area contributed by atoms with Crippen LogP contribution in [0.1, 0.15) is 35.7 Å². The van der Waals surface area contributed by atoms with E-state index in [4.69, 9.17) is 0 Å². The fourth-order valence-electron chi connectivity index (χ4n) is 3.27. The number of ether oxygens (including phenoxy) is 1. The van der Waals surface area contributed by atoms with Crippen LogP contribution in [0.5, 0.6) is 5.75 Å². The molecule has 4 rings (SSSR count). The molecule has 0 aliphatic heterocycles. The predicted octanol–water partition coefficient (Wildman–Crippen LogP) is 6.21. The van der Waals surface area contributed by atoms with Crippen LogP contribution >= 0.6 is 0 Å². The fraction of sp³-hybridized carbons (Fsp3) is 0.160. The lowest BCUT2D eigenvalue weighted by Crippen LogP contribution is -2.17. The van der Waals surface area contributed by atoms with E-state index in [2.05, 4.69) is 34.0 Å². The quantitative estimate of drug-likeness (QED) is 0.367. The second-order valence-electron chi connectivity index (χ2n) is 7.87. The minimum Gasteiger partial charge on any atom is -0.406 e. The number of nitrogens with zero attached hydrogens (tertiary/aromatic N) is 3. The monoisotopic (exact) mass is 466 g/mol. The highest BCUT2D eigenvalue weighted by Gasteiger charge is 2.31. The van der Waals surface area contributed by atoms with Gasteiger partial charge in [0.1, 0.15) is 12.1 Å². The minimum absolute atomic E-state index is 0.199. The zero-order valence-electron chi connectivity index (χ0n) is 18.4. The summed E-state index contributed by atoms with van der Waals surface area (Å²) in [6, 6.07) is 19.9. The molecule has 1 aromatic heterocycles. The van der Waals surface area contributed by atoms with Crippen LogP contribution in [0.4, 0.5) is 18.9 Å². The van der Waals surface area contributed by atoms with E-state index in [1.54, 1.807) is 30.3 Å². The first-order chi connectivity index (χ1) is 16.2. The van der Waals surface area contributed by atoms with E-state index in [1.165, 1.54) is 35.3 Å². The normalized spacial score (nSPS) is 11.5. The van der Waals surface area contributed by atoms with Crippen LogP contribution in [0, 0.1) is 0 Å². The molecule has 0 atom stereocenters. The predicted molar refractivity (Wildman–Crippen MR) is 122 cm³/mol. The summed E-state index contributed by atoms with van der Waals surface area (Å²) in [4.78, 5) is 16.9. The first-order valence-electron chi connectivity index (χ1n) is 10.5. The van der Waals surface area contributed by atoms with Crippen molar-refractivity contribution >= 4 is 11.6 Å². The number of rotatable bonds is 6. The molecular formula is C25H21F3N4O2. The van der Waals surface area contributed by atoms with Crippen LogP contribution < -0.4 is 10.1 Å². The highest BCUT2D eigenvalue weighted by Crippen LogP contribution is 2.24. The van der Waals surface area contributed by atoms with Gasteiger partial charge in [-0.05, 0) is 72.1 Å². The third-order valence-electron chi connectivity index (χ3n) is 5.04. The van der Waals surface area contributed by atoms with Crippen LogP contribution in [-0.2, 0) is 0 Å². The summed E-state index contributed by atoms with van der Waals surface area (Å²) >= 11 is 0. The second kappa shape index (κ2) is 9.38. The van der Waals surface area contributed by atoms with Gasteiger partial charge in [0.05, 0.1) is 5.69 Å². The molecule has 0 fully saturated rings. The number of carbonyl (C=O) groups excluding carboxylic acids is 1. The van der Waals surface area contributed by atoms with Crippen molar-refractivity contribution in [2.45, 2.75) is 26.1 Å². The number of carbonyl (C=O) groups is 1. The summed E-state index contributed by atoms with van der Waals surface area (Å²) in [6.07, 6.45) is -3.28. The number of alkyl halides is 3. The summed E-state index contributed by atoms with van der Waals surface area (Å²) in [5, 5.41) is 7.25. The highest BCUT2D eigenvalue weighted by atomic mass is 19.4. The number of amides is 1. The summed E-state index contributed by atoms with van der Waals surface area (Å²) in [6.45, 7) is 4.14. The molecule has 0 saturated heterocycles. The first-order valence-corrected chi connectivity index (χ1v) is 10.5. The fourth-order valence-corrected chi connectivity index (χ4v) is 3.27. The van der Waals surface area contributed by atoms with Gasteiger partial charge in [-0.1, -0.05) is 26.0 Å². The minimum atomic E-state index is -4.74. The maximum absolute atomic E-state index is 12.6. The molecule has 0 saturated carbocycles. The van der Waals surface area contributed by atoms with Gasteiger partial charge in [-0.3, -0.25) is 4.79 Å². The Morgan fingerprint density at radius 3 is 2.35 bits per heavy atom. The molecule has 0 unspecified atom stereocenters. The Bertz CT molecular complexity index is 1280. The summed E-state index contributed by atoms with van der Waals surface area (Å²) in [5.74, 6) is 0.240. The molecule has 3 aromatic carbocycles. The number of aromatic nitrogens is 3. The number of benzene rings is 3. The molecule has 34 heavy (non-hydrogen) atoms. The molecule has 9 heteroatoms. The second-order valence-corrected chi connectivity index (χ2v) is 7.87. The maximum Gasteiger partial charge on any atom is 0.573 e. The molecule has 4 aromatic rings. The Hall–Kier alpha value is -4.14. The van der Waals surface area contributed by atoms with E-state index in [1.807, 2.05) is 18.2 Å². The van der Waals surface area contributed by atoms with Crippen LogP contribution in [0.15, 0.2) is 79.1 Å². The SMILES string of the molecule is CC(C)c1cccc(C(=O)Nc2ccc(-c3ncn(-c4ccc(OC(F)(F)F)cc4)n3)cc2)c1. The van der Waals surface area contributed by atoms with Gasteiger partial charge in [0.15, 0.2) is 5.82 Å². The molecule has 174 valence electrons. The van der Waals surface area contributed by atoms with E-state index < -0.39 is 6.36 Å². The van der Waals surface area contributed by atoms with Gasteiger partial charge in [-0.2, -0.15) is 0 Å². The molecule has 0 aliphatic rings. The van der Waals surface area contributed by atoms with E-state index >= 15 is 0 Å². The molecule has 6 nitrogen and oxygen atoms in total. The van der Waals surface area contributed by atoms with Crippen LogP contribution in [-0.4, -0.2) is 27.0 Å². The molecule has 0 bridgehead atoms. The Morgan fingerprint density at radius 1 is 1.00 bits per heavy atom. The standard InChI is InChI=1S/C25H21F3N4O2/c1-16(2)18-4-3-5-19(14-18)24(33)30-20-8-6-17(7-9-20)23-29-15-32(31-23)21-10-12-22(13-11-21)34-25(26,27)28/h3-16H,1-2H3,(H,30,33). The zero-order chi connectivity index (χ0) is 24.3. The average molecular weight is 466 g/mol. The summed E-state index contributed by atoms with van der Waals surface area (Å²) in [7, 11) is 0. The Balaban J connectivity index is 1.44. The van der Waals surface area contributed by atoms with Crippen LogP contribution in [0.25, 0.3) is 17.1 Å². The third kappa shape index (κ3) is 5.61. The lowest BCUT2D eigenvalue weighted by Gasteiger charge is -2.09. The molecule has 1 heterocycles. The molecule has 0 spiro atoms. The molecule has 0 radical (unpaired) electrons. The smallest absolute Gasteiger partial charge is 0.406 e. The maximum atomic E-state index is 12.6. The molecule has 1 N–H and O–H groups in total. The number of hydrogen-bond donors (Lipinski definition) is 1. The Morgan fingerprint density at radius 2 is 1.71 bits per heavy atom. The number of nitrogens with one attached hydrogen (secondary N) is 1. The largest absolute Gasteiger partial charge is 0.573 e. The zero-order valence-corrected chi connectivity index (χ0v) is 18.4. The summed E-state index contributed by atoms with van der Waals surface area (Å²) in [5.41, 5.74) is 3.55. The van der Waals surface area contributed by atoms with Gasteiger partial charge in [0, 0.05) is 16.8 Å². The Kier molecular flexibility index (Phi) is 6.36. The van der Waals surface area contributed by atoms with Gasteiger partial charge < -0.3 is 10.1 Å². The van der Waals surface area contributed by atoms with E-state index in [0.29, 0.717) is 28.7 Å². The molecular weight excluding hydrogens is 445 g/mol. The van der Waals surface area contributed by atoms with Crippen molar-refractivity contribution in [1.82, 2.24) is 14.8 Å². The number of anilines is 1. The highest BCUT2D eigenvalue weighted by molar-refractivity contribution is 6.04. The molecule has 0 aliphatic carbocycles.